The third-order valence-corrected chi connectivity index (χ3v) is 5.10. The highest BCUT2D eigenvalue weighted by Crippen LogP contribution is 2.10. The first-order valence-electron chi connectivity index (χ1n) is 9.73. The van der Waals surface area contributed by atoms with Gasteiger partial charge in [-0.1, -0.05) is 24.3 Å². The number of aliphatic imine (C=N–C) groups is 1. The maximum absolute atomic E-state index is 12.4. The minimum Gasteiger partial charge on any atom is -0.356 e. The molecule has 0 saturated carbocycles. The summed E-state index contributed by atoms with van der Waals surface area (Å²) in [7, 11) is 3.83. The molecular formula is C20H30N6O. The molecule has 0 aliphatic carbocycles. The molecule has 27 heavy (non-hydrogen) atoms. The summed E-state index contributed by atoms with van der Waals surface area (Å²) in [5.41, 5.74) is 2.60. The van der Waals surface area contributed by atoms with Crippen molar-refractivity contribution in [3.05, 3.63) is 51.7 Å². The summed E-state index contributed by atoms with van der Waals surface area (Å²) in [6.45, 7) is 5.12. The molecule has 0 spiro atoms. The van der Waals surface area contributed by atoms with Crippen molar-refractivity contribution in [2.75, 3.05) is 20.6 Å². The molecule has 7 nitrogen and oxygen atoms in total. The standard InChI is InChI=1S/C20H30N6O/c1-16-9-4-5-10-17(16)15-24(3)19(21-2)22-12-8-14-26-20(27)25-13-7-6-11-18(25)23-26/h4-5,9-10H,6-8,11-15H2,1-3H3,(H,21,22). The summed E-state index contributed by atoms with van der Waals surface area (Å²) in [6, 6.07) is 8.39. The predicted octanol–water partition coefficient (Wildman–Crippen LogP) is 1.79. The zero-order valence-corrected chi connectivity index (χ0v) is 16.6. The van der Waals surface area contributed by atoms with E-state index in [2.05, 4.69) is 51.5 Å². The van der Waals surface area contributed by atoms with E-state index in [1.807, 2.05) is 11.6 Å². The lowest BCUT2D eigenvalue weighted by atomic mass is 10.1. The van der Waals surface area contributed by atoms with Crippen LogP contribution in [0, 0.1) is 6.92 Å². The molecule has 3 rings (SSSR count). The van der Waals surface area contributed by atoms with Crippen LogP contribution in [0.5, 0.6) is 0 Å². The van der Waals surface area contributed by atoms with Crippen LogP contribution >= 0.6 is 0 Å². The second-order valence-corrected chi connectivity index (χ2v) is 7.14. The Balaban J connectivity index is 1.49. The van der Waals surface area contributed by atoms with Gasteiger partial charge >= 0.3 is 5.69 Å². The van der Waals surface area contributed by atoms with Gasteiger partial charge in [0.1, 0.15) is 5.82 Å². The lowest BCUT2D eigenvalue weighted by Crippen LogP contribution is -2.39. The molecule has 2 heterocycles. The van der Waals surface area contributed by atoms with Crippen molar-refractivity contribution in [2.45, 2.75) is 52.2 Å². The van der Waals surface area contributed by atoms with Crippen molar-refractivity contribution in [3.8, 4) is 0 Å². The molecule has 0 fully saturated rings. The van der Waals surface area contributed by atoms with Gasteiger partial charge in [0.25, 0.3) is 0 Å². The number of aromatic nitrogens is 3. The average Bonchev–Trinajstić information content (AvgIpc) is 3.00. The number of rotatable bonds is 6. The zero-order chi connectivity index (χ0) is 19.2. The minimum absolute atomic E-state index is 0.0331. The van der Waals surface area contributed by atoms with Gasteiger partial charge in [-0.3, -0.25) is 9.56 Å². The Morgan fingerprint density at radius 2 is 2.15 bits per heavy atom. The van der Waals surface area contributed by atoms with Crippen molar-refractivity contribution < 1.29 is 0 Å². The van der Waals surface area contributed by atoms with Gasteiger partial charge in [-0.15, -0.1) is 0 Å². The molecule has 1 aromatic carbocycles. The van der Waals surface area contributed by atoms with Crippen LogP contribution in [0.25, 0.3) is 0 Å². The van der Waals surface area contributed by atoms with E-state index in [9.17, 15) is 4.79 Å². The van der Waals surface area contributed by atoms with Crippen molar-refractivity contribution in [2.24, 2.45) is 4.99 Å². The van der Waals surface area contributed by atoms with E-state index < -0.39 is 0 Å². The quantitative estimate of drug-likeness (QED) is 0.478. The van der Waals surface area contributed by atoms with Gasteiger partial charge in [-0.05, 0) is 37.3 Å². The van der Waals surface area contributed by atoms with Crippen LogP contribution in [-0.4, -0.2) is 45.8 Å². The Morgan fingerprint density at radius 3 is 2.89 bits per heavy atom. The first kappa shape index (κ1) is 19.2. The van der Waals surface area contributed by atoms with Crippen LogP contribution in [0.1, 0.15) is 36.2 Å². The van der Waals surface area contributed by atoms with Crippen LogP contribution in [0.4, 0.5) is 0 Å². The number of guanidine groups is 1. The summed E-state index contributed by atoms with van der Waals surface area (Å²) in [6.07, 6.45) is 3.94. The Hall–Kier alpha value is -2.57. The normalized spacial score (nSPS) is 14.1. The third kappa shape index (κ3) is 4.59. The fraction of sp³-hybridized carbons (Fsp3) is 0.550. The van der Waals surface area contributed by atoms with Gasteiger partial charge in [0.15, 0.2) is 5.96 Å². The molecule has 7 heteroatoms. The fourth-order valence-electron chi connectivity index (χ4n) is 3.53. The lowest BCUT2D eigenvalue weighted by Gasteiger charge is -2.23. The molecule has 0 radical (unpaired) electrons. The monoisotopic (exact) mass is 370 g/mol. The highest BCUT2D eigenvalue weighted by molar-refractivity contribution is 5.79. The summed E-state index contributed by atoms with van der Waals surface area (Å²) in [5.74, 6) is 1.79. The van der Waals surface area contributed by atoms with E-state index in [-0.39, 0.29) is 5.69 Å². The molecule has 0 bridgehead atoms. The Labute approximate surface area is 160 Å². The smallest absolute Gasteiger partial charge is 0.345 e. The second-order valence-electron chi connectivity index (χ2n) is 7.14. The highest BCUT2D eigenvalue weighted by atomic mass is 16.2. The molecule has 146 valence electrons. The topological polar surface area (TPSA) is 67.5 Å². The first-order chi connectivity index (χ1) is 13.1. The summed E-state index contributed by atoms with van der Waals surface area (Å²) in [4.78, 5) is 18.8. The largest absolute Gasteiger partial charge is 0.356 e. The van der Waals surface area contributed by atoms with E-state index in [4.69, 9.17) is 0 Å². The number of hydrogen-bond donors (Lipinski definition) is 1. The van der Waals surface area contributed by atoms with Crippen LogP contribution < -0.4 is 11.0 Å². The summed E-state index contributed by atoms with van der Waals surface area (Å²) < 4.78 is 3.44. The Kier molecular flexibility index (Phi) is 6.32. The summed E-state index contributed by atoms with van der Waals surface area (Å²) in [5, 5.41) is 7.87. The van der Waals surface area contributed by atoms with E-state index in [0.717, 1.165) is 57.1 Å². The van der Waals surface area contributed by atoms with Crippen LogP contribution in [0.3, 0.4) is 0 Å². The van der Waals surface area contributed by atoms with Gasteiger partial charge in [-0.25, -0.2) is 9.48 Å². The van der Waals surface area contributed by atoms with Crippen LogP contribution in [0.15, 0.2) is 34.1 Å². The molecule has 0 amide bonds. The van der Waals surface area contributed by atoms with Gasteiger partial charge < -0.3 is 10.2 Å². The second kappa shape index (κ2) is 8.88. The molecule has 1 aliphatic heterocycles. The molecule has 1 aromatic heterocycles. The Bertz CT molecular complexity index is 850. The minimum atomic E-state index is 0.0331. The molecule has 0 unspecified atom stereocenters. The van der Waals surface area contributed by atoms with Crippen molar-refractivity contribution in [1.29, 1.82) is 0 Å². The van der Waals surface area contributed by atoms with E-state index >= 15 is 0 Å². The van der Waals surface area contributed by atoms with Crippen molar-refractivity contribution in [3.63, 3.8) is 0 Å². The maximum atomic E-state index is 12.4. The average molecular weight is 371 g/mol. The molecule has 2 aromatic rings. The third-order valence-electron chi connectivity index (χ3n) is 5.10. The first-order valence-corrected chi connectivity index (χ1v) is 9.73. The maximum Gasteiger partial charge on any atom is 0.345 e. The molecular weight excluding hydrogens is 340 g/mol. The Morgan fingerprint density at radius 1 is 1.33 bits per heavy atom. The number of nitrogens with zero attached hydrogens (tertiary/aromatic N) is 5. The predicted molar refractivity (Wildman–Crippen MR) is 108 cm³/mol. The SMILES string of the molecule is CN=C(NCCCn1nc2n(c1=O)CCCC2)N(C)Cc1ccccc1C. The molecule has 0 atom stereocenters. The highest BCUT2D eigenvalue weighted by Gasteiger charge is 2.16. The van der Waals surface area contributed by atoms with Gasteiger partial charge in [0.2, 0.25) is 0 Å². The molecule has 0 saturated heterocycles. The van der Waals surface area contributed by atoms with Crippen LogP contribution in [-0.2, 0) is 26.1 Å². The van der Waals surface area contributed by atoms with E-state index in [0.29, 0.717) is 6.54 Å². The number of hydrogen-bond acceptors (Lipinski definition) is 3. The summed E-state index contributed by atoms with van der Waals surface area (Å²) >= 11 is 0. The number of fused-ring (bicyclic) bond motifs is 1. The molecule has 1 N–H and O–H groups in total. The lowest BCUT2D eigenvalue weighted by molar-refractivity contribution is 0.468. The van der Waals surface area contributed by atoms with Gasteiger partial charge in [-0.2, -0.15) is 5.10 Å². The fourth-order valence-corrected chi connectivity index (χ4v) is 3.53. The van der Waals surface area contributed by atoms with Crippen molar-refractivity contribution in [1.82, 2.24) is 24.6 Å². The molecule has 1 aliphatic rings. The van der Waals surface area contributed by atoms with E-state index in [1.165, 1.54) is 11.1 Å². The van der Waals surface area contributed by atoms with Gasteiger partial charge in [0.05, 0.1) is 0 Å². The zero-order valence-electron chi connectivity index (χ0n) is 16.6. The number of benzene rings is 1. The van der Waals surface area contributed by atoms with Gasteiger partial charge in [0, 0.05) is 46.7 Å². The van der Waals surface area contributed by atoms with E-state index in [1.54, 1.807) is 11.7 Å². The van der Waals surface area contributed by atoms with Crippen LogP contribution in [0.2, 0.25) is 0 Å². The number of aryl methyl sites for hydroxylation is 3. The van der Waals surface area contributed by atoms with Crippen molar-refractivity contribution >= 4 is 5.96 Å². The number of nitrogens with one attached hydrogen (secondary N) is 1.